The first-order valence-corrected chi connectivity index (χ1v) is 3.47. The van der Waals surface area contributed by atoms with Crippen LogP contribution in [0, 0.1) is 6.92 Å². The first-order valence-electron chi connectivity index (χ1n) is 3.47. The van der Waals surface area contributed by atoms with E-state index < -0.39 is 5.91 Å². The summed E-state index contributed by atoms with van der Waals surface area (Å²) in [6, 6.07) is 2.92. The molecule has 1 aromatic heterocycles. The lowest BCUT2D eigenvalue weighted by Crippen LogP contribution is -2.13. The van der Waals surface area contributed by atoms with Crippen LogP contribution in [0.1, 0.15) is 16.1 Å². The number of carbonyl (C=O) groups is 1. The van der Waals surface area contributed by atoms with Crippen molar-refractivity contribution in [2.45, 2.75) is 6.92 Å². The van der Waals surface area contributed by atoms with E-state index in [-0.39, 0.29) is 5.82 Å². The molecule has 0 fully saturated rings. The summed E-state index contributed by atoms with van der Waals surface area (Å²) in [5.74, 6) is -0.317. The molecule has 2 N–H and O–H groups in total. The fraction of sp³-hybridized carbons (Fsp3) is 0.143. The highest BCUT2D eigenvalue weighted by molar-refractivity contribution is 5.93. The lowest BCUT2D eigenvalue weighted by atomic mass is 10.2. The van der Waals surface area contributed by atoms with Gasteiger partial charge in [0.25, 0.3) is 5.91 Å². The monoisotopic (exact) mass is 177 g/mol. The summed E-state index contributed by atoms with van der Waals surface area (Å²) >= 11 is 0. The second-order valence-corrected chi connectivity index (χ2v) is 2.36. The van der Waals surface area contributed by atoms with Gasteiger partial charge in [-0.15, -0.1) is 0 Å². The van der Waals surface area contributed by atoms with Crippen molar-refractivity contribution in [2.75, 3.05) is 0 Å². The van der Waals surface area contributed by atoms with Crippen LogP contribution in [0.15, 0.2) is 17.2 Å². The summed E-state index contributed by atoms with van der Waals surface area (Å²) in [5.41, 5.74) is 14.0. The molecule has 0 saturated carbocycles. The second kappa shape index (κ2) is 3.55. The van der Waals surface area contributed by atoms with E-state index in [0.717, 1.165) is 0 Å². The maximum atomic E-state index is 10.8. The van der Waals surface area contributed by atoms with E-state index >= 15 is 0 Å². The molecule has 1 amide bonds. The topological polar surface area (TPSA) is 105 Å². The molecule has 0 spiro atoms. The molecule has 0 aliphatic heterocycles. The Morgan fingerprint density at radius 2 is 2.38 bits per heavy atom. The van der Waals surface area contributed by atoms with Crippen LogP contribution in [0.2, 0.25) is 0 Å². The molecule has 0 saturated heterocycles. The fourth-order valence-corrected chi connectivity index (χ4v) is 0.910. The van der Waals surface area contributed by atoms with Gasteiger partial charge >= 0.3 is 0 Å². The molecule has 6 heteroatoms. The molecule has 0 aromatic carbocycles. The molecule has 66 valence electrons. The van der Waals surface area contributed by atoms with Gasteiger partial charge in [0, 0.05) is 4.91 Å². The Labute approximate surface area is 74.0 Å². The predicted octanol–water partition coefficient (Wildman–Crippen LogP) is 1.43. The number of carbonyl (C=O) groups excluding carboxylic acids is 1. The van der Waals surface area contributed by atoms with Crippen LogP contribution < -0.4 is 5.73 Å². The number of nitrogens with zero attached hydrogens (tertiary/aromatic N) is 4. The van der Waals surface area contributed by atoms with Crippen molar-refractivity contribution in [1.82, 2.24) is 4.98 Å². The number of aromatic nitrogens is 1. The normalized spacial score (nSPS) is 9.00. The molecule has 13 heavy (non-hydrogen) atoms. The van der Waals surface area contributed by atoms with Crippen LogP contribution in [0.3, 0.4) is 0 Å². The van der Waals surface area contributed by atoms with E-state index in [2.05, 4.69) is 15.0 Å². The highest BCUT2D eigenvalue weighted by Crippen LogP contribution is 2.12. The van der Waals surface area contributed by atoms with Gasteiger partial charge in [0.1, 0.15) is 5.82 Å². The third-order valence-electron chi connectivity index (χ3n) is 1.48. The van der Waals surface area contributed by atoms with E-state index in [0.29, 0.717) is 11.3 Å². The summed E-state index contributed by atoms with van der Waals surface area (Å²) in [7, 11) is 0. The number of amides is 1. The number of hydrogen-bond acceptors (Lipinski definition) is 3. The van der Waals surface area contributed by atoms with Crippen molar-refractivity contribution in [2.24, 2.45) is 10.8 Å². The van der Waals surface area contributed by atoms with Gasteiger partial charge in [0.2, 0.25) is 0 Å². The average molecular weight is 177 g/mol. The summed E-state index contributed by atoms with van der Waals surface area (Å²) in [5, 5.41) is 3.29. The molecule has 0 radical (unpaired) electrons. The van der Waals surface area contributed by atoms with Gasteiger partial charge in [-0.05, 0) is 29.7 Å². The van der Waals surface area contributed by atoms with E-state index in [1.54, 1.807) is 6.92 Å². The minimum atomic E-state index is -0.544. The van der Waals surface area contributed by atoms with E-state index in [1.165, 1.54) is 12.1 Å². The Balaban J connectivity index is 3.19. The van der Waals surface area contributed by atoms with Crippen LogP contribution in [0.5, 0.6) is 0 Å². The zero-order valence-corrected chi connectivity index (χ0v) is 6.93. The summed E-state index contributed by atoms with van der Waals surface area (Å²) < 4.78 is 0. The average Bonchev–Trinajstić information content (AvgIpc) is 2.04. The smallest absolute Gasteiger partial charge is 0.250 e. The van der Waals surface area contributed by atoms with Crippen LogP contribution in [-0.2, 0) is 0 Å². The Kier molecular flexibility index (Phi) is 2.47. The van der Waals surface area contributed by atoms with Gasteiger partial charge < -0.3 is 5.73 Å². The number of azide groups is 1. The number of nitrogens with two attached hydrogens (primary N) is 1. The lowest BCUT2D eigenvalue weighted by Gasteiger charge is -1.99. The summed E-state index contributed by atoms with van der Waals surface area (Å²) in [4.78, 5) is 17.2. The zero-order valence-electron chi connectivity index (χ0n) is 6.93. The molecule has 1 rings (SSSR count). The van der Waals surface area contributed by atoms with Crippen molar-refractivity contribution in [3.8, 4) is 0 Å². The first-order chi connectivity index (χ1) is 6.15. The summed E-state index contributed by atoms with van der Waals surface area (Å²) in [6.45, 7) is 1.62. The SMILES string of the molecule is Cc1nc(N=[N+]=[N-])ccc1C(N)=O. The van der Waals surface area contributed by atoms with Crippen molar-refractivity contribution in [3.63, 3.8) is 0 Å². The third-order valence-corrected chi connectivity index (χ3v) is 1.48. The number of hydrogen-bond donors (Lipinski definition) is 1. The predicted molar refractivity (Wildman–Crippen MR) is 46.3 cm³/mol. The zero-order chi connectivity index (χ0) is 9.84. The minimum absolute atomic E-state index is 0.227. The van der Waals surface area contributed by atoms with Crippen molar-refractivity contribution >= 4 is 11.7 Å². The van der Waals surface area contributed by atoms with Gasteiger partial charge in [0.15, 0.2) is 0 Å². The Hall–Kier alpha value is -2.07. The number of pyridine rings is 1. The van der Waals surface area contributed by atoms with Gasteiger partial charge in [-0.2, -0.15) is 0 Å². The highest BCUT2D eigenvalue weighted by atomic mass is 16.1. The molecule has 0 atom stereocenters. The van der Waals surface area contributed by atoms with Crippen molar-refractivity contribution in [3.05, 3.63) is 33.8 Å². The molecular formula is C7H7N5O. The van der Waals surface area contributed by atoms with E-state index in [4.69, 9.17) is 11.3 Å². The molecule has 0 unspecified atom stereocenters. The minimum Gasteiger partial charge on any atom is -0.366 e. The number of rotatable bonds is 2. The Morgan fingerprint density at radius 1 is 1.69 bits per heavy atom. The molecule has 0 bridgehead atoms. The Bertz CT molecular complexity index is 394. The van der Waals surface area contributed by atoms with Gasteiger partial charge in [-0.25, -0.2) is 0 Å². The van der Waals surface area contributed by atoms with Gasteiger partial charge in [-0.3, -0.25) is 9.78 Å². The van der Waals surface area contributed by atoms with Crippen LogP contribution in [-0.4, -0.2) is 10.9 Å². The molecular weight excluding hydrogens is 170 g/mol. The Morgan fingerprint density at radius 3 is 2.85 bits per heavy atom. The molecule has 0 aliphatic rings. The van der Waals surface area contributed by atoms with Crippen LogP contribution >= 0.6 is 0 Å². The fourth-order valence-electron chi connectivity index (χ4n) is 0.910. The van der Waals surface area contributed by atoms with Crippen LogP contribution in [0.25, 0.3) is 10.4 Å². The second-order valence-electron chi connectivity index (χ2n) is 2.36. The molecule has 0 aliphatic carbocycles. The standard InChI is InChI=1S/C7H7N5O/c1-4-5(7(8)13)2-3-6(10-4)11-12-9/h2-3H,1H3,(H2,8,13). The van der Waals surface area contributed by atoms with Gasteiger partial charge in [-0.1, -0.05) is 0 Å². The highest BCUT2D eigenvalue weighted by Gasteiger charge is 2.05. The van der Waals surface area contributed by atoms with Crippen molar-refractivity contribution in [1.29, 1.82) is 0 Å². The summed E-state index contributed by atoms with van der Waals surface area (Å²) in [6.07, 6.45) is 0. The molecule has 1 heterocycles. The molecule has 6 nitrogen and oxygen atoms in total. The quantitative estimate of drug-likeness (QED) is 0.419. The molecule has 1 aromatic rings. The number of aryl methyl sites for hydroxylation is 1. The third kappa shape index (κ3) is 1.94. The van der Waals surface area contributed by atoms with Gasteiger partial charge in [0.05, 0.1) is 11.3 Å². The van der Waals surface area contributed by atoms with E-state index in [9.17, 15) is 4.79 Å². The first kappa shape index (κ1) is 9.02. The number of primary amides is 1. The van der Waals surface area contributed by atoms with Crippen molar-refractivity contribution < 1.29 is 4.79 Å². The lowest BCUT2D eigenvalue weighted by molar-refractivity contribution is 0.0999. The largest absolute Gasteiger partial charge is 0.366 e. The van der Waals surface area contributed by atoms with E-state index in [1.807, 2.05) is 0 Å². The maximum Gasteiger partial charge on any atom is 0.250 e. The van der Waals surface area contributed by atoms with Crippen LogP contribution in [0.4, 0.5) is 5.82 Å². The maximum absolute atomic E-state index is 10.8.